The maximum absolute atomic E-state index is 12.4. The van der Waals surface area contributed by atoms with Crippen LogP contribution in [0.25, 0.3) is 0 Å². The third-order valence-corrected chi connectivity index (χ3v) is 5.36. The van der Waals surface area contributed by atoms with Crippen LogP contribution in [0.5, 0.6) is 5.75 Å². The predicted molar refractivity (Wildman–Crippen MR) is 120 cm³/mol. The third kappa shape index (κ3) is 5.17. The van der Waals surface area contributed by atoms with E-state index >= 15 is 0 Å². The van der Waals surface area contributed by atoms with Gasteiger partial charge in [0, 0.05) is 43.9 Å². The number of nitrogens with zero attached hydrogens (tertiary/aromatic N) is 3. The molecule has 1 heterocycles. The second kappa shape index (κ2) is 9.73. The van der Waals surface area contributed by atoms with Gasteiger partial charge in [0.1, 0.15) is 5.75 Å². The summed E-state index contributed by atoms with van der Waals surface area (Å²) in [6.45, 7) is 4.89. The number of rotatable bonds is 5. The molecule has 8 nitrogen and oxygen atoms in total. The van der Waals surface area contributed by atoms with E-state index in [-0.39, 0.29) is 11.6 Å². The number of piperazine rings is 1. The van der Waals surface area contributed by atoms with Crippen molar-refractivity contribution >= 4 is 46.2 Å². The number of thiocarbonyl (C=S) groups is 1. The fraction of sp³-hybridized carbons (Fsp3) is 0.300. The molecule has 158 valence electrons. The van der Waals surface area contributed by atoms with Crippen molar-refractivity contribution in [1.82, 2.24) is 10.2 Å². The molecule has 1 saturated heterocycles. The second-order valence-corrected chi connectivity index (χ2v) is 7.38. The summed E-state index contributed by atoms with van der Waals surface area (Å²) in [4.78, 5) is 26.8. The van der Waals surface area contributed by atoms with Crippen molar-refractivity contribution in [3.63, 3.8) is 0 Å². The fourth-order valence-electron chi connectivity index (χ4n) is 3.13. The molecule has 3 rings (SSSR count). The van der Waals surface area contributed by atoms with Gasteiger partial charge in [0.05, 0.1) is 22.2 Å². The van der Waals surface area contributed by atoms with Gasteiger partial charge in [-0.15, -0.1) is 0 Å². The van der Waals surface area contributed by atoms with E-state index in [0.29, 0.717) is 54.2 Å². The number of halogens is 1. The van der Waals surface area contributed by atoms with Crippen LogP contribution in [0.3, 0.4) is 0 Å². The number of amides is 1. The van der Waals surface area contributed by atoms with E-state index in [2.05, 4.69) is 5.32 Å². The lowest BCUT2D eigenvalue weighted by Gasteiger charge is -2.37. The van der Waals surface area contributed by atoms with Crippen LogP contribution in [-0.4, -0.2) is 53.6 Å². The molecule has 0 bridgehead atoms. The van der Waals surface area contributed by atoms with E-state index in [0.717, 1.165) is 5.69 Å². The maximum Gasteiger partial charge on any atom is 0.271 e. The SMILES string of the molecule is CCOc1ccc(C(=O)NC(=S)N2CCN(c3ccc([N+](=O)[O-])cc3Cl)CC2)cc1. The predicted octanol–water partition coefficient (Wildman–Crippen LogP) is 3.48. The molecule has 1 fully saturated rings. The Kier molecular flexibility index (Phi) is 7.07. The molecule has 10 heteroatoms. The molecule has 1 aliphatic rings. The topological polar surface area (TPSA) is 88.0 Å². The molecule has 0 atom stereocenters. The van der Waals surface area contributed by atoms with E-state index in [1.807, 2.05) is 16.7 Å². The number of ether oxygens (including phenoxy) is 1. The van der Waals surface area contributed by atoms with Crippen molar-refractivity contribution in [3.05, 3.63) is 63.2 Å². The zero-order chi connectivity index (χ0) is 21.7. The first kappa shape index (κ1) is 21.8. The zero-order valence-electron chi connectivity index (χ0n) is 16.3. The molecule has 30 heavy (non-hydrogen) atoms. The summed E-state index contributed by atoms with van der Waals surface area (Å²) in [6, 6.07) is 11.3. The quantitative estimate of drug-likeness (QED) is 0.425. The van der Waals surface area contributed by atoms with Crippen molar-refractivity contribution in [3.8, 4) is 5.75 Å². The highest BCUT2D eigenvalue weighted by molar-refractivity contribution is 7.80. The Morgan fingerprint density at radius 3 is 2.43 bits per heavy atom. The minimum absolute atomic E-state index is 0.0411. The molecule has 0 aromatic heterocycles. The molecule has 1 N–H and O–H groups in total. The summed E-state index contributed by atoms with van der Waals surface area (Å²) in [6.07, 6.45) is 0. The summed E-state index contributed by atoms with van der Waals surface area (Å²) in [7, 11) is 0. The number of anilines is 1. The van der Waals surface area contributed by atoms with Crippen molar-refractivity contribution < 1.29 is 14.5 Å². The minimum atomic E-state index is -0.473. The standard InChI is InChI=1S/C20H21ClN4O4S/c1-2-29-16-6-3-14(4-7-16)19(26)22-20(30)24-11-9-23(10-12-24)18-8-5-15(25(27)28)13-17(18)21/h3-8,13H,2,9-12H2,1H3,(H,22,26,30). The Morgan fingerprint density at radius 2 is 1.87 bits per heavy atom. The van der Waals surface area contributed by atoms with Crippen molar-refractivity contribution in [2.24, 2.45) is 0 Å². The summed E-state index contributed by atoms with van der Waals surface area (Å²) in [5.74, 6) is 0.432. The summed E-state index contributed by atoms with van der Waals surface area (Å²) in [5.41, 5.74) is 1.20. The number of nitrogens with one attached hydrogen (secondary N) is 1. The number of nitro groups is 1. The Balaban J connectivity index is 1.55. The van der Waals surface area contributed by atoms with Crippen LogP contribution in [0.4, 0.5) is 11.4 Å². The number of hydrogen-bond donors (Lipinski definition) is 1. The van der Waals surface area contributed by atoms with Gasteiger partial charge < -0.3 is 14.5 Å². The first-order valence-electron chi connectivity index (χ1n) is 9.41. The van der Waals surface area contributed by atoms with Gasteiger partial charge in [0.15, 0.2) is 5.11 Å². The Labute approximate surface area is 184 Å². The first-order chi connectivity index (χ1) is 14.4. The lowest BCUT2D eigenvalue weighted by atomic mass is 10.2. The molecule has 2 aromatic rings. The molecular weight excluding hydrogens is 428 g/mol. The average molecular weight is 449 g/mol. The normalized spacial score (nSPS) is 13.7. The van der Waals surface area contributed by atoms with Crippen LogP contribution < -0.4 is 15.0 Å². The fourth-order valence-corrected chi connectivity index (χ4v) is 3.70. The molecule has 0 radical (unpaired) electrons. The number of hydrogen-bond acceptors (Lipinski definition) is 6. The molecule has 0 spiro atoms. The number of carbonyl (C=O) groups excluding carboxylic acids is 1. The van der Waals surface area contributed by atoms with Crippen molar-refractivity contribution in [2.45, 2.75) is 6.92 Å². The molecule has 1 aliphatic heterocycles. The Hall–Kier alpha value is -2.91. The van der Waals surface area contributed by atoms with Crippen molar-refractivity contribution in [1.29, 1.82) is 0 Å². The highest BCUT2D eigenvalue weighted by Crippen LogP contribution is 2.30. The first-order valence-corrected chi connectivity index (χ1v) is 10.2. The summed E-state index contributed by atoms with van der Waals surface area (Å²) >= 11 is 11.6. The minimum Gasteiger partial charge on any atom is -0.494 e. The molecule has 0 aliphatic carbocycles. The van der Waals surface area contributed by atoms with E-state index in [1.165, 1.54) is 12.1 Å². The van der Waals surface area contributed by atoms with Gasteiger partial charge in [-0.25, -0.2) is 0 Å². The monoisotopic (exact) mass is 448 g/mol. The summed E-state index contributed by atoms with van der Waals surface area (Å²) in [5, 5.41) is 14.3. The van der Waals surface area contributed by atoms with Gasteiger partial charge in [-0.05, 0) is 49.5 Å². The number of benzene rings is 2. The average Bonchev–Trinajstić information content (AvgIpc) is 2.74. The van der Waals surface area contributed by atoms with Crippen LogP contribution in [0, 0.1) is 10.1 Å². The highest BCUT2D eigenvalue weighted by Gasteiger charge is 2.23. The van der Waals surface area contributed by atoms with Crippen LogP contribution >= 0.6 is 23.8 Å². The van der Waals surface area contributed by atoms with Gasteiger partial charge in [-0.3, -0.25) is 20.2 Å². The molecule has 2 aromatic carbocycles. The van der Waals surface area contributed by atoms with Crippen LogP contribution in [0.1, 0.15) is 17.3 Å². The number of carbonyl (C=O) groups is 1. The van der Waals surface area contributed by atoms with Crippen LogP contribution in [0.15, 0.2) is 42.5 Å². The van der Waals surface area contributed by atoms with Crippen LogP contribution in [-0.2, 0) is 0 Å². The maximum atomic E-state index is 12.4. The second-order valence-electron chi connectivity index (χ2n) is 6.58. The molecule has 1 amide bonds. The third-order valence-electron chi connectivity index (χ3n) is 4.70. The lowest BCUT2D eigenvalue weighted by molar-refractivity contribution is -0.384. The van der Waals surface area contributed by atoms with Crippen molar-refractivity contribution in [2.75, 3.05) is 37.7 Å². The van der Waals surface area contributed by atoms with Gasteiger partial charge in [-0.2, -0.15) is 0 Å². The summed E-state index contributed by atoms with van der Waals surface area (Å²) < 4.78 is 5.38. The number of nitro benzene ring substituents is 1. The van der Waals surface area contributed by atoms with Gasteiger partial charge in [0.2, 0.25) is 0 Å². The Bertz CT molecular complexity index is 946. The van der Waals surface area contributed by atoms with E-state index < -0.39 is 4.92 Å². The van der Waals surface area contributed by atoms with Gasteiger partial charge in [-0.1, -0.05) is 11.6 Å². The number of non-ortho nitro benzene ring substituents is 1. The lowest BCUT2D eigenvalue weighted by Crippen LogP contribution is -2.52. The molecule has 0 saturated carbocycles. The Morgan fingerprint density at radius 1 is 1.20 bits per heavy atom. The largest absolute Gasteiger partial charge is 0.494 e. The highest BCUT2D eigenvalue weighted by atomic mass is 35.5. The van der Waals surface area contributed by atoms with E-state index in [1.54, 1.807) is 30.3 Å². The zero-order valence-corrected chi connectivity index (χ0v) is 17.9. The molecular formula is C20H21ClN4O4S. The van der Waals surface area contributed by atoms with Crippen LogP contribution in [0.2, 0.25) is 5.02 Å². The van der Waals surface area contributed by atoms with Gasteiger partial charge >= 0.3 is 0 Å². The van der Waals surface area contributed by atoms with Gasteiger partial charge in [0.25, 0.3) is 11.6 Å². The molecule has 0 unspecified atom stereocenters. The van der Waals surface area contributed by atoms with E-state index in [4.69, 9.17) is 28.6 Å². The van der Waals surface area contributed by atoms with E-state index in [9.17, 15) is 14.9 Å². The smallest absolute Gasteiger partial charge is 0.271 e.